The first-order valence-corrected chi connectivity index (χ1v) is 6.60. The minimum atomic E-state index is -4.37. The second-order valence-corrected chi connectivity index (χ2v) is 4.58. The van der Waals surface area contributed by atoms with Gasteiger partial charge in [0.25, 0.3) is 0 Å². The van der Waals surface area contributed by atoms with Crippen LogP contribution in [0.1, 0.15) is 11.1 Å². The van der Waals surface area contributed by atoms with Gasteiger partial charge in [-0.05, 0) is 17.9 Å². The number of imidazole rings is 1. The fourth-order valence-corrected chi connectivity index (χ4v) is 2.33. The maximum Gasteiger partial charge on any atom is 0.418 e. The highest BCUT2D eigenvalue weighted by Crippen LogP contribution is 2.36. The van der Waals surface area contributed by atoms with Crippen molar-refractivity contribution in [3.8, 4) is 5.69 Å². The molecule has 1 heterocycles. The Morgan fingerprint density at radius 1 is 1.33 bits per heavy atom. The number of thioether (sulfide) groups is 1. The molecule has 0 aliphatic carbocycles. The number of aromatic nitrogens is 2. The molecule has 0 bridgehead atoms. The van der Waals surface area contributed by atoms with Gasteiger partial charge in [-0.2, -0.15) is 24.9 Å². The van der Waals surface area contributed by atoms with Crippen molar-refractivity contribution in [1.29, 1.82) is 0 Å². The normalized spacial score (nSPS) is 11.8. The lowest BCUT2D eigenvalue weighted by atomic mass is 10.1. The van der Waals surface area contributed by atoms with Gasteiger partial charge in [0.1, 0.15) is 0 Å². The molecule has 0 atom stereocenters. The minimum Gasteiger partial charge on any atom is -0.305 e. The summed E-state index contributed by atoms with van der Waals surface area (Å²) in [6.07, 6.45) is 1.87. The molecule has 6 heteroatoms. The monoisotopic (exact) mass is 272 g/mol. The smallest absolute Gasteiger partial charge is 0.305 e. The third-order valence-corrected chi connectivity index (χ3v) is 3.09. The van der Waals surface area contributed by atoms with Gasteiger partial charge in [0.2, 0.25) is 0 Å². The molecule has 2 rings (SSSR count). The lowest BCUT2D eigenvalue weighted by Crippen LogP contribution is -2.12. The highest BCUT2D eigenvalue weighted by molar-refractivity contribution is 7.97. The SMILES string of the molecule is CSCc1cccc(C(F)(F)F)c1-n1ccnc1. The topological polar surface area (TPSA) is 17.8 Å². The Morgan fingerprint density at radius 2 is 2.11 bits per heavy atom. The first kappa shape index (κ1) is 13.0. The summed E-state index contributed by atoms with van der Waals surface area (Å²) in [7, 11) is 0. The molecule has 2 aromatic rings. The number of nitrogens with zero attached hydrogens (tertiary/aromatic N) is 2. The van der Waals surface area contributed by atoms with Crippen LogP contribution >= 0.6 is 11.8 Å². The van der Waals surface area contributed by atoms with Crippen LogP contribution in [0.3, 0.4) is 0 Å². The van der Waals surface area contributed by atoms with Crippen LogP contribution in [0.15, 0.2) is 36.9 Å². The van der Waals surface area contributed by atoms with Crippen molar-refractivity contribution < 1.29 is 13.2 Å². The second kappa shape index (κ2) is 5.06. The van der Waals surface area contributed by atoms with Gasteiger partial charge in [-0.15, -0.1) is 0 Å². The van der Waals surface area contributed by atoms with Crippen molar-refractivity contribution in [1.82, 2.24) is 9.55 Å². The van der Waals surface area contributed by atoms with E-state index in [1.54, 1.807) is 6.07 Å². The lowest BCUT2D eigenvalue weighted by Gasteiger charge is -2.17. The molecular weight excluding hydrogens is 261 g/mol. The third-order valence-electron chi connectivity index (χ3n) is 2.49. The Kier molecular flexibility index (Phi) is 3.65. The van der Waals surface area contributed by atoms with E-state index in [-0.39, 0.29) is 5.69 Å². The molecular formula is C12H11F3N2S. The summed E-state index contributed by atoms with van der Waals surface area (Å²) in [6, 6.07) is 4.25. The lowest BCUT2D eigenvalue weighted by molar-refractivity contribution is -0.137. The summed E-state index contributed by atoms with van der Waals surface area (Å²) in [6.45, 7) is 0. The van der Waals surface area contributed by atoms with E-state index in [0.29, 0.717) is 11.3 Å². The van der Waals surface area contributed by atoms with Gasteiger partial charge in [0.05, 0.1) is 17.6 Å². The Balaban J connectivity index is 2.64. The molecule has 0 amide bonds. The van der Waals surface area contributed by atoms with E-state index in [0.717, 1.165) is 6.07 Å². The number of para-hydroxylation sites is 1. The van der Waals surface area contributed by atoms with Crippen molar-refractivity contribution >= 4 is 11.8 Å². The van der Waals surface area contributed by atoms with Gasteiger partial charge in [0.15, 0.2) is 0 Å². The molecule has 0 aliphatic rings. The molecule has 0 N–H and O–H groups in total. The van der Waals surface area contributed by atoms with Crippen molar-refractivity contribution in [3.05, 3.63) is 48.0 Å². The maximum atomic E-state index is 13.0. The predicted molar refractivity (Wildman–Crippen MR) is 65.8 cm³/mol. The van der Waals surface area contributed by atoms with Gasteiger partial charge in [0, 0.05) is 18.1 Å². The molecule has 0 aliphatic heterocycles. The van der Waals surface area contributed by atoms with Gasteiger partial charge in [-0.3, -0.25) is 0 Å². The van der Waals surface area contributed by atoms with Crippen molar-refractivity contribution in [2.75, 3.05) is 6.26 Å². The average Bonchev–Trinajstić information content (AvgIpc) is 2.81. The Hall–Kier alpha value is -1.43. The van der Waals surface area contributed by atoms with Gasteiger partial charge >= 0.3 is 6.18 Å². The van der Waals surface area contributed by atoms with Crippen molar-refractivity contribution in [2.45, 2.75) is 11.9 Å². The zero-order chi connectivity index (χ0) is 13.2. The van der Waals surface area contributed by atoms with E-state index >= 15 is 0 Å². The van der Waals surface area contributed by atoms with Crippen molar-refractivity contribution in [3.63, 3.8) is 0 Å². The fraction of sp³-hybridized carbons (Fsp3) is 0.250. The highest BCUT2D eigenvalue weighted by Gasteiger charge is 2.34. The zero-order valence-electron chi connectivity index (χ0n) is 9.61. The Labute approximate surface area is 107 Å². The molecule has 0 fully saturated rings. The molecule has 1 aromatic heterocycles. The molecule has 0 unspecified atom stereocenters. The van der Waals surface area contributed by atoms with E-state index in [9.17, 15) is 13.2 Å². The number of hydrogen-bond acceptors (Lipinski definition) is 2. The molecule has 0 spiro atoms. The largest absolute Gasteiger partial charge is 0.418 e. The van der Waals surface area contributed by atoms with E-state index < -0.39 is 11.7 Å². The predicted octanol–water partition coefficient (Wildman–Crippen LogP) is 3.75. The third kappa shape index (κ3) is 2.53. The van der Waals surface area contributed by atoms with E-state index in [4.69, 9.17) is 0 Å². The summed E-state index contributed by atoms with van der Waals surface area (Å²) in [5.41, 5.74) is 0.180. The number of halogens is 3. The van der Waals surface area contributed by atoms with Crippen LogP contribution in [-0.2, 0) is 11.9 Å². The van der Waals surface area contributed by atoms with Gasteiger partial charge in [-0.25, -0.2) is 4.98 Å². The fourth-order valence-electron chi connectivity index (χ4n) is 1.79. The van der Waals surface area contributed by atoms with Crippen LogP contribution < -0.4 is 0 Å². The molecule has 96 valence electrons. The maximum absolute atomic E-state index is 13.0. The summed E-state index contributed by atoms with van der Waals surface area (Å²) < 4.78 is 40.5. The van der Waals surface area contributed by atoms with Crippen LogP contribution in [0.2, 0.25) is 0 Å². The number of benzene rings is 1. The van der Waals surface area contributed by atoms with Gasteiger partial charge in [-0.1, -0.05) is 12.1 Å². The first-order chi connectivity index (χ1) is 8.54. The number of rotatable bonds is 3. The second-order valence-electron chi connectivity index (χ2n) is 3.71. The van der Waals surface area contributed by atoms with E-state index in [1.807, 2.05) is 6.26 Å². The molecule has 2 nitrogen and oxygen atoms in total. The van der Waals surface area contributed by atoms with E-state index in [2.05, 4.69) is 4.98 Å². The molecule has 0 saturated heterocycles. The molecule has 0 radical (unpaired) electrons. The molecule has 1 aromatic carbocycles. The van der Waals surface area contributed by atoms with Crippen LogP contribution in [0.4, 0.5) is 13.2 Å². The number of hydrogen-bond donors (Lipinski definition) is 0. The van der Waals surface area contributed by atoms with Crippen molar-refractivity contribution in [2.24, 2.45) is 0 Å². The van der Waals surface area contributed by atoms with Crippen LogP contribution in [0.5, 0.6) is 0 Å². The Bertz CT molecular complexity index is 521. The summed E-state index contributed by atoms with van der Waals surface area (Å²) in [5.74, 6) is 0.525. The number of alkyl halides is 3. The average molecular weight is 272 g/mol. The van der Waals surface area contributed by atoms with Crippen LogP contribution in [0.25, 0.3) is 5.69 Å². The highest BCUT2D eigenvalue weighted by atomic mass is 32.2. The molecule has 18 heavy (non-hydrogen) atoms. The van der Waals surface area contributed by atoms with Gasteiger partial charge < -0.3 is 4.57 Å². The summed E-state index contributed by atoms with van der Waals surface area (Å²) in [5, 5.41) is 0. The van der Waals surface area contributed by atoms with Crippen LogP contribution in [0, 0.1) is 0 Å². The standard InChI is InChI=1S/C12H11F3N2S/c1-18-7-9-3-2-4-10(12(13,14)15)11(9)17-6-5-16-8-17/h2-6,8H,7H2,1H3. The summed E-state index contributed by atoms with van der Waals surface area (Å²) in [4.78, 5) is 3.81. The Morgan fingerprint density at radius 3 is 2.67 bits per heavy atom. The summed E-state index contributed by atoms with van der Waals surface area (Å²) >= 11 is 1.48. The molecule has 0 saturated carbocycles. The quantitative estimate of drug-likeness (QED) is 0.846. The van der Waals surface area contributed by atoms with E-state index in [1.165, 1.54) is 41.1 Å². The minimum absolute atomic E-state index is 0.164. The van der Waals surface area contributed by atoms with Crippen LogP contribution in [-0.4, -0.2) is 15.8 Å². The first-order valence-electron chi connectivity index (χ1n) is 5.20. The zero-order valence-corrected chi connectivity index (χ0v) is 10.4.